The molecule has 2 aromatic rings. The summed E-state index contributed by atoms with van der Waals surface area (Å²) in [6.45, 7) is -2.91. The van der Waals surface area contributed by atoms with Crippen LogP contribution < -0.4 is 10.5 Å². The molecule has 106 valence electrons. The van der Waals surface area contributed by atoms with Gasteiger partial charge < -0.3 is 10.5 Å². The van der Waals surface area contributed by atoms with Crippen molar-refractivity contribution in [3.63, 3.8) is 0 Å². The van der Waals surface area contributed by atoms with Gasteiger partial charge in [0.1, 0.15) is 11.8 Å². The SMILES string of the molecule is N#C/C(=C(/N)c1cccc(OC(F)F)c1)c1ccccc1. The lowest BCUT2D eigenvalue weighted by Gasteiger charge is -2.09. The maximum absolute atomic E-state index is 12.2. The van der Waals surface area contributed by atoms with Crippen molar-refractivity contribution in [1.29, 1.82) is 5.26 Å². The van der Waals surface area contributed by atoms with Crippen molar-refractivity contribution in [2.24, 2.45) is 5.73 Å². The summed E-state index contributed by atoms with van der Waals surface area (Å²) in [7, 11) is 0. The molecule has 21 heavy (non-hydrogen) atoms. The van der Waals surface area contributed by atoms with E-state index in [9.17, 15) is 14.0 Å². The van der Waals surface area contributed by atoms with Crippen LogP contribution in [0.2, 0.25) is 0 Å². The molecule has 0 unspecified atom stereocenters. The minimum Gasteiger partial charge on any atom is -0.435 e. The van der Waals surface area contributed by atoms with Gasteiger partial charge in [0.05, 0.1) is 11.3 Å². The van der Waals surface area contributed by atoms with Crippen molar-refractivity contribution >= 4 is 11.3 Å². The van der Waals surface area contributed by atoms with E-state index in [0.29, 0.717) is 11.1 Å². The molecule has 0 saturated carbocycles. The van der Waals surface area contributed by atoms with Crippen LogP contribution in [0.5, 0.6) is 5.75 Å². The Hall–Kier alpha value is -2.87. The predicted molar refractivity (Wildman–Crippen MR) is 76.1 cm³/mol. The fraction of sp³-hybridized carbons (Fsp3) is 0.0625. The van der Waals surface area contributed by atoms with E-state index >= 15 is 0 Å². The molecule has 0 aromatic heterocycles. The van der Waals surface area contributed by atoms with Gasteiger partial charge in [-0.1, -0.05) is 42.5 Å². The van der Waals surface area contributed by atoms with Crippen LogP contribution in [-0.2, 0) is 0 Å². The quantitative estimate of drug-likeness (QED) is 0.689. The van der Waals surface area contributed by atoms with Crippen LogP contribution in [0.1, 0.15) is 11.1 Å². The highest BCUT2D eigenvalue weighted by atomic mass is 19.3. The number of hydrogen-bond donors (Lipinski definition) is 1. The summed E-state index contributed by atoms with van der Waals surface area (Å²) < 4.78 is 28.8. The zero-order chi connectivity index (χ0) is 15.2. The Labute approximate surface area is 120 Å². The molecular formula is C16H12F2N2O. The van der Waals surface area contributed by atoms with Gasteiger partial charge in [0.15, 0.2) is 0 Å². The Morgan fingerprint density at radius 3 is 2.33 bits per heavy atom. The van der Waals surface area contributed by atoms with Crippen molar-refractivity contribution in [2.75, 3.05) is 0 Å². The average Bonchev–Trinajstić information content (AvgIpc) is 2.48. The maximum atomic E-state index is 12.2. The first kappa shape index (κ1) is 14.5. The molecular weight excluding hydrogens is 274 g/mol. The molecule has 0 fully saturated rings. The monoisotopic (exact) mass is 286 g/mol. The summed E-state index contributed by atoms with van der Waals surface area (Å²) in [5.74, 6) is -0.00389. The zero-order valence-electron chi connectivity index (χ0n) is 11.0. The van der Waals surface area contributed by atoms with E-state index in [-0.39, 0.29) is 17.0 Å². The highest BCUT2D eigenvalue weighted by Gasteiger charge is 2.10. The second-order valence-corrected chi connectivity index (χ2v) is 4.17. The summed E-state index contributed by atoms with van der Waals surface area (Å²) in [6.07, 6.45) is 0. The molecule has 0 aliphatic heterocycles. The third kappa shape index (κ3) is 3.57. The van der Waals surface area contributed by atoms with Crippen molar-refractivity contribution in [3.8, 4) is 11.8 Å². The van der Waals surface area contributed by atoms with E-state index in [1.165, 1.54) is 12.1 Å². The average molecular weight is 286 g/mol. The first-order valence-corrected chi connectivity index (χ1v) is 6.12. The minimum atomic E-state index is -2.91. The molecule has 2 N–H and O–H groups in total. The lowest BCUT2D eigenvalue weighted by molar-refractivity contribution is -0.0498. The van der Waals surface area contributed by atoms with Crippen molar-refractivity contribution in [1.82, 2.24) is 0 Å². The standard InChI is InChI=1S/C16H12F2N2O/c17-16(18)21-13-8-4-7-12(9-13)15(20)14(10-19)11-5-2-1-3-6-11/h1-9,16H,20H2/b15-14-. The number of alkyl halides is 2. The lowest BCUT2D eigenvalue weighted by Crippen LogP contribution is -2.04. The Morgan fingerprint density at radius 2 is 1.71 bits per heavy atom. The number of ether oxygens (including phenoxy) is 1. The van der Waals surface area contributed by atoms with Crippen LogP contribution in [0, 0.1) is 11.3 Å². The highest BCUT2D eigenvalue weighted by Crippen LogP contribution is 2.25. The van der Waals surface area contributed by atoms with E-state index in [1.807, 2.05) is 12.1 Å². The molecule has 0 amide bonds. The van der Waals surface area contributed by atoms with E-state index in [0.717, 1.165) is 0 Å². The summed E-state index contributed by atoms with van der Waals surface area (Å²) in [6, 6.07) is 16.9. The molecule has 2 aromatic carbocycles. The van der Waals surface area contributed by atoms with Crippen molar-refractivity contribution in [3.05, 3.63) is 65.7 Å². The number of benzene rings is 2. The second kappa shape index (κ2) is 6.53. The van der Waals surface area contributed by atoms with Gasteiger partial charge in [-0.3, -0.25) is 0 Å². The third-order valence-corrected chi connectivity index (χ3v) is 2.81. The highest BCUT2D eigenvalue weighted by molar-refractivity contribution is 5.96. The summed E-state index contributed by atoms with van der Waals surface area (Å²) in [5.41, 5.74) is 7.61. The third-order valence-electron chi connectivity index (χ3n) is 2.81. The van der Waals surface area contributed by atoms with Gasteiger partial charge in [-0.25, -0.2) is 0 Å². The molecule has 0 bridgehead atoms. The fourth-order valence-corrected chi connectivity index (χ4v) is 1.87. The molecule has 2 rings (SSSR count). The van der Waals surface area contributed by atoms with Gasteiger partial charge in [0.2, 0.25) is 0 Å². The van der Waals surface area contributed by atoms with Gasteiger partial charge >= 0.3 is 6.61 Å². The van der Waals surface area contributed by atoms with Crippen LogP contribution in [0.4, 0.5) is 8.78 Å². The topological polar surface area (TPSA) is 59.0 Å². The smallest absolute Gasteiger partial charge is 0.387 e. The van der Waals surface area contributed by atoms with Gasteiger partial charge in [-0.15, -0.1) is 0 Å². The number of nitriles is 1. The van der Waals surface area contributed by atoms with Crippen LogP contribution >= 0.6 is 0 Å². The van der Waals surface area contributed by atoms with E-state index in [2.05, 4.69) is 4.74 Å². The van der Waals surface area contributed by atoms with E-state index < -0.39 is 6.61 Å². The van der Waals surface area contributed by atoms with Crippen LogP contribution in [0.3, 0.4) is 0 Å². The number of nitrogens with two attached hydrogens (primary N) is 1. The normalized spacial score (nSPS) is 11.7. The van der Waals surface area contributed by atoms with Gasteiger partial charge in [-0.2, -0.15) is 14.0 Å². The Balaban J connectivity index is 2.44. The summed E-state index contributed by atoms with van der Waals surface area (Å²) >= 11 is 0. The molecule has 3 nitrogen and oxygen atoms in total. The summed E-state index contributed by atoms with van der Waals surface area (Å²) in [4.78, 5) is 0. The van der Waals surface area contributed by atoms with Crippen LogP contribution in [0.25, 0.3) is 11.3 Å². The molecule has 0 aliphatic rings. The zero-order valence-corrected chi connectivity index (χ0v) is 11.0. The van der Waals surface area contributed by atoms with Crippen LogP contribution in [-0.4, -0.2) is 6.61 Å². The first-order valence-electron chi connectivity index (χ1n) is 6.12. The number of allylic oxidation sites excluding steroid dienone is 1. The van der Waals surface area contributed by atoms with Crippen LogP contribution in [0.15, 0.2) is 54.6 Å². The van der Waals surface area contributed by atoms with Gasteiger partial charge in [0.25, 0.3) is 0 Å². The Kier molecular flexibility index (Phi) is 4.52. The molecule has 0 heterocycles. The number of hydrogen-bond acceptors (Lipinski definition) is 3. The molecule has 0 spiro atoms. The lowest BCUT2D eigenvalue weighted by atomic mass is 10.0. The molecule has 5 heteroatoms. The summed E-state index contributed by atoms with van der Waals surface area (Å²) in [5, 5.41) is 9.29. The largest absolute Gasteiger partial charge is 0.435 e. The number of rotatable bonds is 4. The number of halogens is 2. The fourth-order valence-electron chi connectivity index (χ4n) is 1.87. The van der Waals surface area contributed by atoms with Crippen molar-refractivity contribution < 1.29 is 13.5 Å². The molecule has 0 aliphatic carbocycles. The maximum Gasteiger partial charge on any atom is 0.387 e. The predicted octanol–water partition coefficient (Wildman–Crippen LogP) is 3.64. The molecule has 0 saturated heterocycles. The van der Waals surface area contributed by atoms with E-state index in [1.54, 1.807) is 36.4 Å². The van der Waals surface area contributed by atoms with Gasteiger partial charge in [-0.05, 0) is 17.7 Å². The Morgan fingerprint density at radius 1 is 1.05 bits per heavy atom. The minimum absolute atomic E-state index is 0.00389. The molecule has 0 radical (unpaired) electrons. The van der Waals surface area contributed by atoms with E-state index in [4.69, 9.17) is 5.73 Å². The molecule has 0 atom stereocenters. The van der Waals surface area contributed by atoms with Crippen molar-refractivity contribution in [2.45, 2.75) is 6.61 Å². The first-order chi connectivity index (χ1) is 10.1. The second-order valence-electron chi connectivity index (χ2n) is 4.17. The van der Waals surface area contributed by atoms with Gasteiger partial charge in [0, 0.05) is 5.56 Å². The Bertz CT molecular complexity index is 691. The number of nitrogens with zero attached hydrogens (tertiary/aromatic N) is 1.